The molecule has 2 heterocycles. The summed E-state index contributed by atoms with van der Waals surface area (Å²) in [6, 6.07) is 91.0. The zero-order chi connectivity index (χ0) is 59.0. The number of para-hydroxylation sites is 2. The van der Waals surface area contributed by atoms with Crippen LogP contribution in [-0.4, -0.2) is 0 Å². The molecule has 14 aromatic rings. The van der Waals surface area contributed by atoms with Gasteiger partial charge in [-0.3, -0.25) is 0 Å². The van der Waals surface area contributed by atoms with E-state index in [1.165, 1.54) is 77.9 Å². The van der Waals surface area contributed by atoms with E-state index in [9.17, 15) is 0 Å². The molecular weight excluding hydrogens is 1060 g/mol. The molecule has 0 amide bonds. The standard InChI is InChI=1S/C83H66N2O2/c1-49(2)55-35-41-59(42-36-55)84(61-39-29-53(7)67(45-61)57-31-25-51(5)26-32-57)73-47-71-79(81-77(73)65-19-11-15-23-75(65)86-81)80-72(83(71)69-21-13-9-17-63(69)64-18-10-14-22-70(64)83)48-74(78-66-20-12-16-24-76(66)87-82(78)80)85(60-43-37-56(38-44-60)50(3)4)62-40-30-54(8)68(46-62)58-33-27-52(6)28-34-58/h9-50H,1-8H3. The van der Waals surface area contributed by atoms with E-state index in [0.29, 0.717) is 11.8 Å². The largest absolute Gasteiger partial charge is 0.455 e. The van der Waals surface area contributed by atoms with Gasteiger partial charge in [-0.25, -0.2) is 0 Å². The van der Waals surface area contributed by atoms with Crippen molar-refractivity contribution >= 4 is 78.0 Å². The van der Waals surface area contributed by atoms with Gasteiger partial charge in [0.1, 0.15) is 22.3 Å². The summed E-state index contributed by atoms with van der Waals surface area (Å²) in [5.41, 5.74) is 30.3. The maximum absolute atomic E-state index is 7.63. The number of fused-ring (bicyclic) bond motifs is 18. The van der Waals surface area contributed by atoms with Crippen molar-refractivity contribution in [3.63, 3.8) is 0 Å². The Bertz CT molecular complexity index is 4750. The Balaban J connectivity index is 1.07. The zero-order valence-corrected chi connectivity index (χ0v) is 50.5. The highest BCUT2D eigenvalue weighted by atomic mass is 16.3. The Morgan fingerprint density at radius 3 is 1.10 bits per heavy atom. The lowest BCUT2D eigenvalue weighted by atomic mass is 9.70. The lowest BCUT2D eigenvalue weighted by Crippen LogP contribution is -2.26. The van der Waals surface area contributed by atoms with E-state index in [4.69, 9.17) is 8.83 Å². The van der Waals surface area contributed by atoms with E-state index in [-0.39, 0.29) is 0 Å². The van der Waals surface area contributed by atoms with Gasteiger partial charge in [0.15, 0.2) is 0 Å². The molecule has 0 fully saturated rings. The molecule has 0 N–H and O–H groups in total. The molecule has 4 heteroatoms. The van der Waals surface area contributed by atoms with Gasteiger partial charge in [-0.15, -0.1) is 0 Å². The van der Waals surface area contributed by atoms with Crippen molar-refractivity contribution < 1.29 is 8.83 Å². The van der Waals surface area contributed by atoms with Crippen LogP contribution in [0.15, 0.2) is 251 Å². The van der Waals surface area contributed by atoms with E-state index in [2.05, 4.69) is 308 Å². The first-order valence-electron chi connectivity index (χ1n) is 30.8. The summed E-state index contributed by atoms with van der Waals surface area (Å²) in [4.78, 5) is 5.01. The summed E-state index contributed by atoms with van der Waals surface area (Å²) in [7, 11) is 0. The fraction of sp³-hybridized carbons (Fsp3) is 0.133. The van der Waals surface area contributed by atoms with Crippen molar-refractivity contribution in [3.8, 4) is 44.5 Å². The molecule has 0 radical (unpaired) electrons. The number of hydrogen-bond acceptors (Lipinski definition) is 4. The summed E-state index contributed by atoms with van der Waals surface area (Å²) >= 11 is 0. The summed E-state index contributed by atoms with van der Waals surface area (Å²) in [5.74, 6) is 0.726. The van der Waals surface area contributed by atoms with Gasteiger partial charge in [0.2, 0.25) is 0 Å². The SMILES string of the molecule is Cc1ccc(-c2cc(N(c3ccc(C(C)C)cc3)c3cc4c(c5oc6ccccc6c35)-c3c(cc(N(c5ccc(C(C)C)cc5)c5ccc(C)c(-c6ccc(C)cc6)c5)c5c3oc3ccccc35)C43c4ccccc4-c4ccccc43)ccc2C)cc1. The summed E-state index contributed by atoms with van der Waals surface area (Å²) in [6.45, 7) is 17.8. The minimum absolute atomic E-state index is 0.363. The molecular formula is C83H66N2O2. The number of furan rings is 2. The number of hydrogen-bond donors (Lipinski definition) is 0. The predicted molar refractivity (Wildman–Crippen MR) is 365 cm³/mol. The predicted octanol–water partition coefficient (Wildman–Crippen LogP) is 23.6. The second kappa shape index (κ2) is 20.0. The first-order chi connectivity index (χ1) is 42.4. The second-order valence-electron chi connectivity index (χ2n) is 25.0. The topological polar surface area (TPSA) is 32.8 Å². The molecule has 0 unspecified atom stereocenters. The lowest BCUT2D eigenvalue weighted by Gasteiger charge is -2.34. The van der Waals surface area contributed by atoms with Crippen LogP contribution in [0.1, 0.15) is 95.2 Å². The van der Waals surface area contributed by atoms with Crippen LogP contribution in [0, 0.1) is 27.7 Å². The molecule has 2 aliphatic carbocycles. The maximum atomic E-state index is 7.63. The first-order valence-corrected chi connectivity index (χ1v) is 30.8. The van der Waals surface area contributed by atoms with Crippen LogP contribution in [0.3, 0.4) is 0 Å². The number of anilines is 6. The molecule has 12 aromatic carbocycles. The third-order valence-electron chi connectivity index (χ3n) is 19.1. The van der Waals surface area contributed by atoms with Gasteiger partial charge < -0.3 is 18.6 Å². The van der Waals surface area contributed by atoms with E-state index >= 15 is 0 Å². The van der Waals surface area contributed by atoms with Crippen LogP contribution in [0.25, 0.3) is 88.4 Å². The van der Waals surface area contributed by atoms with Gasteiger partial charge in [-0.1, -0.05) is 209 Å². The highest BCUT2D eigenvalue weighted by molar-refractivity contribution is 6.25. The summed E-state index contributed by atoms with van der Waals surface area (Å²) in [6.07, 6.45) is 0. The fourth-order valence-corrected chi connectivity index (χ4v) is 14.6. The van der Waals surface area contributed by atoms with Crippen LogP contribution in [0.4, 0.5) is 34.1 Å². The number of rotatable bonds is 10. The van der Waals surface area contributed by atoms with Crippen molar-refractivity contribution in [1.82, 2.24) is 0 Å². The van der Waals surface area contributed by atoms with E-state index in [1.807, 2.05) is 0 Å². The van der Waals surface area contributed by atoms with Crippen LogP contribution < -0.4 is 9.80 Å². The van der Waals surface area contributed by atoms with Gasteiger partial charge in [0.05, 0.1) is 27.6 Å². The van der Waals surface area contributed by atoms with Gasteiger partial charge in [0.25, 0.3) is 0 Å². The summed E-state index contributed by atoms with van der Waals surface area (Å²) in [5, 5.41) is 4.18. The number of benzene rings is 12. The molecule has 2 aromatic heterocycles. The van der Waals surface area contributed by atoms with Crippen molar-refractivity contribution in [2.45, 2.75) is 72.6 Å². The Labute approximate surface area is 509 Å². The Hall–Kier alpha value is -10.2. The monoisotopic (exact) mass is 1120 g/mol. The van der Waals surface area contributed by atoms with Crippen molar-refractivity contribution in [2.75, 3.05) is 9.80 Å². The molecule has 1 spiro atoms. The van der Waals surface area contributed by atoms with Crippen molar-refractivity contribution in [3.05, 3.63) is 298 Å². The molecule has 0 bridgehead atoms. The third-order valence-corrected chi connectivity index (χ3v) is 19.1. The van der Waals surface area contributed by atoms with E-state index in [0.717, 1.165) is 100 Å². The lowest BCUT2D eigenvalue weighted by molar-refractivity contribution is 0.665. The molecule has 2 aliphatic rings. The van der Waals surface area contributed by atoms with Crippen molar-refractivity contribution in [1.29, 1.82) is 0 Å². The fourth-order valence-electron chi connectivity index (χ4n) is 14.6. The molecule has 0 saturated carbocycles. The Morgan fingerprint density at radius 2 is 0.701 bits per heavy atom. The number of aryl methyl sites for hydroxylation is 4. The van der Waals surface area contributed by atoms with Crippen LogP contribution in [0.5, 0.6) is 0 Å². The van der Waals surface area contributed by atoms with Gasteiger partial charge >= 0.3 is 0 Å². The van der Waals surface area contributed by atoms with Crippen LogP contribution in [-0.2, 0) is 5.41 Å². The minimum atomic E-state index is -0.858. The van der Waals surface area contributed by atoms with E-state index in [1.54, 1.807) is 0 Å². The molecule has 87 heavy (non-hydrogen) atoms. The smallest absolute Gasteiger partial charge is 0.145 e. The minimum Gasteiger partial charge on any atom is -0.455 e. The van der Waals surface area contributed by atoms with Crippen LogP contribution in [0.2, 0.25) is 0 Å². The highest BCUT2D eigenvalue weighted by Gasteiger charge is 2.55. The van der Waals surface area contributed by atoms with Gasteiger partial charge in [-0.05, 0) is 190 Å². The van der Waals surface area contributed by atoms with E-state index < -0.39 is 5.41 Å². The molecule has 0 saturated heterocycles. The number of nitrogens with zero attached hydrogens (tertiary/aromatic N) is 2. The Kier molecular flexibility index (Phi) is 12.0. The average Bonchev–Trinajstić information content (AvgIpc) is 1.49. The zero-order valence-electron chi connectivity index (χ0n) is 50.5. The molecule has 16 rings (SSSR count). The molecule has 0 atom stereocenters. The van der Waals surface area contributed by atoms with Crippen LogP contribution >= 0.6 is 0 Å². The Morgan fingerprint density at radius 1 is 0.333 bits per heavy atom. The average molecular weight is 1120 g/mol. The van der Waals surface area contributed by atoms with Gasteiger partial charge in [0, 0.05) is 44.6 Å². The van der Waals surface area contributed by atoms with Crippen molar-refractivity contribution in [2.24, 2.45) is 0 Å². The molecule has 4 nitrogen and oxygen atoms in total. The summed E-state index contributed by atoms with van der Waals surface area (Å²) < 4.78 is 15.3. The maximum Gasteiger partial charge on any atom is 0.145 e. The van der Waals surface area contributed by atoms with Gasteiger partial charge in [-0.2, -0.15) is 0 Å². The normalized spacial score (nSPS) is 12.9. The highest BCUT2D eigenvalue weighted by Crippen LogP contribution is 2.68. The molecule has 420 valence electrons. The quantitative estimate of drug-likeness (QED) is 0.137. The third kappa shape index (κ3) is 7.97. The first kappa shape index (κ1) is 52.4. The second-order valence-corrected chi connectivity index (χ2v) is 25.0. The molecule has 0 aliphatic heterocycles.